The van der Waals surface area contributed by atoms with Gasteiger partial charge in [-0.1, -0.05) is 24.3 Å². The fourth-order valence-electron chi connectivity index (χ4n) is 4.92. The first-order valence-corrected chi connectivity index (χ1v) is 13.3. The summed E-state index contributed by atoms with van der Waals surface area (Å²) in [6.07, 6.45) is 4.80. The Morgan fingerprint density at radius 2 is 1.70 bits per heavy atom. The minimum atomic E-state index is -3.26. The van der Waals surface area contributed by atoms with E-state index in [4.69, 9.17) is 4.98 Å². The lowest BCUT2D eigenvalue weighted by Crippen LogP contribution is -2.49. The second kappa shape index (κ2) is 8.79. The number of anilines is 1. The third-order valence-corrected chi connectivity index (χ3v) is 7.95. The third kappa shape index (κ3) is 4.35. The molecule has 2 aliphatic rings. The first-order valence-electron chi connectivity index (χ1n) is 11.4. The summed E-state index contributed by atoms with van der Waals surface area (Å²) in [6, 6.07) is 16.0. The van der Waals surface area contributed by atoms with E-state index in [1.807, 2.05) is 51.9 Å². The van der Waals surface area contributed by atoms with Crippen molar-refractivity contribution in [2.75, 3.05) is 50.4 Å². The molecular formula is C24H29N5O3S. The number of rotatable bonds is 4. The summed E-state index contributed by atoms with van der Waals surface area (Å²) in [5.74, 6) is 0.665. The molecule has 1 amide bonds. The second-order valence-corrected chi connectivity index (χ2v) is 10.8. The molecule has 174 valence electrons. The topological polar surface area (TPSA) is 78.2 Å². The molecule has 1 atom stereocenters. The highest BCUT2D eigenvalue weighted by Crippen LogP contribution is 2.30. The minimum Gasteiger partial charge on any atom is -0.368 e. The molecule has 9 heteroatoms. The number of nitrogens with zero attached hydrogens (tertiary/aromatic N) is 5. The Morgan fingerprint density at radius 1 is 0.970 bits per heavy atom. The summed E-state index contributed by atoms with van der Waals surface area (Å²) in [5.41, 5.74) is 2.40. The number of pyridine rings is 1. The van der Waals surface area contributed by atoms with Crippen LogP contribution in [0.25, 0.3) is 5.52 Å². The number of piperidine rings is 1. The minimum absolute atomic E-state index is 0.0418. The highest BCUT2D eigenvalue weighted by atomic mass is 32.2. The van der Waals surface area contributed by atoms with Gasteiger partial charge in [-0.25, -0.2) is 17.7 Å². The lowest BCUT2D eigenvalue weighted by Gasteiger charge is -2.35. The number of aromatic nitrogens is 2. The number of hydrogen-bond acceptors (Lipinski definition) is 5. The highest BCUT2D eigenvalue weighted by molar-refractivity contribution is 7.88. The molecule has 0 spiro atoms. The Bertz CT molecular complexity index is 1250. The average Bonchev–Trinajstić information content (AvgIpc) is 3.24. The molecule has 0 N–H and O–H groups in total. The van der Waals surface area contributed by atoms with Crippen molar-refractivity contribution in [1.29, 1.82) is 0 Å². The van der Waals surface area contributed by atoms with Crippen molar-refractivity contribution in [3.63, 3.8) is 0 Å². The largest absolute Gasteiger partial charge is 0.368 e. The number of amides is 1. The molecule has 5 rings (SSSR count). The third-order valence-electron chi connectivity index (χ3n) is 6.68. The first kappa shape index (κ1) is 21.9. The Morgan fingerprint density at radius 3 is 2.42 bits per heavy atom. The Kier molecular flexibility index (Phi) is 5.84. The van der Waals surface area contributed by atoms with Crippen molar-refractivity contribution in [1.82, 2.24) is 18.6 Å². The summed E-state index contributed by atoms with van der Waals surface area (Å²) in [4.78, 5) is 22.5. The highest BCUT2D eigenvalue weighted by Gasteiger charge is 2.32. The van der Waals surface area contributed by atoms with E-state index < -0.39 is 10.0 Å². The smallest absolute Gasteiger partial charge is 0.274 e. The number of benzene rings is 1. The number of fused-ring (bicyclic) bond motifs is 1. The molecular weight excluding hydrogens is 438 g/mol. The van der Waals surface area contributed by atoms with Crippen LogP contribution < -0.4 is 4.90 Å². The van der Waals surface area contributed by atoms with E-state index in [9.17, 15) is 13.2 Å². The van der Waals surface area contributed by atoms with Gasteiger partial charge in [-0.15, -0.1) is 0 Å². The number of sulfonamides is 1. The van der Waals surface area contributed by atoms with E-state index >= 15 is 0 Å². The molecule has 0 saturated carbocycles. The Hall–Kier alpha value is -2.91. The lowest BCUT2D eigenvalue weighted by atomic mass is 9.99. The van der Waals surface area contributed by atoms with Crippen LogP contribution in [-0.2, 0) is 10.0 Å². The molecule has 4 heterocycles. The van der Waals surface area contributed by atoms with E-state index in [1.54, 1.807) is 0 Å². The standard InChI is InChI=1S/C24H29N5O3S/c1-33(31,32)28-12-7-8-19(18-28)23-25-22(21-11-5-6-13-29(21)23)24(30)27-16-14-26(15-17-27)20-9-3-2-4-10-20/h2-6,9-11,13,19H,7-8,12,14-18H2,1H3/t19-/m0/s1. The van der Waals surface area contributed by atoms with Gasteiger partial charge in [0.2, 0.25) is 10.0 Å². The van der Waals surface area contributed by atoms with Gasteiger partial charge in [0.1, 0.15) is 5.82 Å². The van der Waals surface area contributed by atoms with E-state index in [1.165, 1.54) is 16.2 Å². The number of imidazole rings is 1. The zero-order valence-electron chi connectivity index (χ0n) is 18.8. The van der Waals surface area contributed by atoms with Gasteiger partial charge in [0, 0.05) is 57.1 Å². The molecule has 1 aromatic carbocycles. The fraction of sp³-hybridized carbons (Fsp3) is 0.417. The molecule has 0 radical (unpaired) electrons. The molecule has 2 fully saturated rings. The predicted molar refractivity (Wildman–Crippen MR) is 128 cm³/mol. The monoisotopic (exact) mass is 467 g/mol. The number of hydrogen-bond donors (Lipinski definition) is 0. The fourth-order valence-corrected chi connectivity index (χ4v) is 5.83. The maximum Gasteiger partial charge on any atom is 0.274 e. The van der Waals surface area contributed by atoms with Crippen LogP contribution in [0.4, 0.5) is 5.69 Å². The molecule has 2 aromatic heterocycles. The van der Waals surface area contributed by atoms with Gasteiger partial charge in [0.25, 0.3) is 5.91 Å². The normalized spacial score (nSPS) is 20.3. The van der Waals surface area contributed by atoms with Gasteiger partial charge in [0.15, 0.2) is 5.69 Å². The van der Waals surface area contributed by atoms with Crippen molar-refractivity contribution in [3.8, 4) is 0 Å². The molecule has 0 bridgehead atoms. The van der Waals surface area contributed by atoms with E-state index in [-0.39, 0.29) is 11.8 Å². The van der Waals surface area contributed by atoms with E-state index in [0.29, 0.717) is 31.9 Å². The summed E-state index contributed by atoms with van der Waals surface area (Å²) in [6.45, 7) is 3.77. The zero-order chi connectivity index (χ0) is 23.0. The summed E-state index contributed by atoms with van der Waals surface area (Å²) in [7, 11) is -3.26. The van der Waals surface area contributed by atoms with Gasteiger partial charge in [-0.05, 0) is 37.1 Å². The Labute approximate surface area is 194 Å². The van der Waals surface area contributed by atoms with Crippen molar-refractivity contribution >= 4 is 27.1 Å². The predicted octanol–water partition coefficient (Wildman–Crippen LogP) is 2.44. The molecule has 2 saturated heterocycles. The van der Waals surface area contributed by atoms with Crippen molar-refractivity contribution < 1.29 is 13.2 Å². The van der Waals surface area contributed by atoms with Gasteiger partial charge in [-0.3, -0.25) is 4.79 Å². The van der Waals surface area contributed by atoms with Crippen LogP contribution in [0.15, 0.2) is 54.7 Å². The van der Waals surface area contributed by atoms with Crippen LogP contribution >= 0.6 is 0 Å². The number of carbonyl (C=O) groups is 1. The quantitative estimate of drug-likeness (QED) is 0.589. The van der Waals surface area contributed by atoms with Gasteiger partial charge in [-0.2, -0.15) is 0 Å². The molecule has 8 nitrogen and oxygen atoms in total. The van der Waals surface area contributed by atoms with Gasteiger partial charge >= 0.3 is 0 Å². The number of carbonyl (C=O) groups excluding carboxylic acids is 1. The van der Waals surface area contributed by atoms with E-state index in [0.717, 1.165) is 37.3 Å². The molecule has 33 heavy (non-hydrogen) atoms. The molecule has 2 aliphatic heterocycles. The van der Waals surface area contributed by atoms with E-state index in [2.05, 4.69) is 17.0 Å². The maximum atomic E-state index is 13.5. The lowest BCUT2D eigenvalue weighted by molar-refractivity contribution is 0.0743. The maximum absolute atomic E-state index is 13.5. The van der Waals surface area contributed by atoms with Crippen LogP contribution in [0.1, 0.15) is 35.1 Å². The van der Waals surface area contributed by atoms with Crippen LogP contribution in [-0.4, -0.2) is 78.4 Å². The van der Waals surface area contributed by atoms with Gasteiger partial charge in [0.05, 0.1) is 11.8 Å². The van der Waals surface area contributed by atoms with Crippen LogP contribution in [0.2, 0.25) is 0 Å². The number of para-hydroxylation sites is 1. The molecule has 0 unspecified atom stereocenters. The second-order valence-electron chi connectivity index (χ2n) is 8.85. The van der Waals surface area contributed by atoms with Crippen molar-refractivity contribution in [2.24, 2.45) is 0 Å². The summed E-state index contributed by atoms with van der Waals surface area (Å²) < 4.78 is 27.7. The van der Waals surface area contributed by atoms with Crippen molar-refractivity contribution in [3.05, 3.63) is 66.2 Å². The zero-order valence-corrected chi connectivity index (χ0v) is 19.6. The van der Waals surface area contributed by atoms with Crippen LogP contribution in [0, 0.1) is 0 Å². The summed E-state index contributed by atoms with van der Waals surface area (Å²) >= 11 is 0. The Balaban J connectivity index is 1.39. The van der Waals surface area contributed by atoms with Crippen LogP contribution in [0.5, 0.6) is 0 Å². The van der Waals surface area contributed by atoms with Crippen LogP contribution in [0.3, 0.4) is 0 Å². The molecule has 3 aromatic rings. The number of piperazine rings is 1. The average molecular weight is 468 g/mol. The summed E-state index contributed by atoms with van der Waals surface area (Å²) in [5, 5.41) is 0. The molecule has 0 aliphatic carbocycles. The first-order chi connectivity index (χ1) is 15.9. The van der Waals surface area contributed by atoms with Gasteiger partial charge < -0.3 is 14.2 Å². The van der Waals surface area contributed by atoms with Crippen molar-refractivity contribution in [2.45, 2.75) is 18.8 Å². The SMILES string of the molecule is CS(=O)(=O)N1CCC[C@H](c2nc(C(=O)N3CCN(c4ccccc4)CC3)c3ccccn23)C1.